The molecule has 2 N–H and O–H groups in total. The van der Waals surface area contributed by atoms with Crippen LogP contribution in [-0.2, 0) is 4.79 Å². The molecule has 0 fully saturated rings. The number of hydrogen-bond acceptors (Lipinski definition) is 7. The number of ether oxygens (including phenoxy) is 1. The summed E-state index contributed by atoms with van der Waals surface area (Å²) in [7, 11) is 0. The van der Waals surface area contributed by atoms with Crippen LogP contribution in [0.1, 0.15) is 31.8 Å². The van der Waals surface area contributed by atoms with E-state index in [2.05, 4.69) is 15.8 Å². The zero-order valence-corrected chi connectivity index (χ0v) is 20.9. The van der Waals surface area contributed by atoms with Crippen molar-refractivity contribution in [3.8, 4) is 5.75 Å². The highest BCUT2D eigenvalue weighted by Gasteiger charge is 2.13. The van der Waals surface area contributed by atoms with Gasteiger partial charge in [0.25, 0.3) is 11.6 Å². The Morgan fingerprint density at radius 2 is 1.45 bits per heavy atom. The molecular formula is C30H22N4O6. The number of non-ortho nitro benzene ring substituents is 1. The Morgan fingerprint density at radius 1 is 0.800 bits per heavy atom. The first kappa shape index (κ1) is 27.1. The number of nitro groups is 1. The van der Waals surface area contributed by atoms with Crippen LogP contribution in [0, 0.1) is 10.1 Å². The summed E-state index contributed by atoms with van der Waals surface area (Å²) in [6, 6.07) is 27.3. The molecule has 10 heteroatoms. The van der Waals surface area contributed by atoms with E-state index in [0.717, 1.165) is 5.56 Å². The first-order valence-electron chi connectivity index (χ1n) is 11.9. The number of nitro benzene ring substituents is 1. The van der Waals surface area contributed by atoms with Crippen LogP contribution in [0.3, 0.4) is 0 Å². The van der Waals surface area contributed by atoms with Crippen molar-refractivity contribution in [1.29, 1.82) is 0 Å². The molecule has 0 atom stereocenters. The number of hydrogen-bond donors (Lipinski definition) is 2. The lowest BCUT2D eigenvalue weighted by Crippen LogP contribution is -2.18. The maximum atomic E-state index is 12.5. The van der Waals surface area contributed by atoms with Crippen molar-refractivity contribution < 1.29 is 24.0 Å². The van der Waals surface area contributed by atoms with Gasteiger partial charge in [-0.15, -0.1) is 0 Å². The summed E-state index contributed by atoms with van der Waals surface area (Å²) in [6.45, 7) is 0. The second kappa shape index (κ2) is 13.1. The third kappa shape index (κ3) is 7.56. The van der Waals surface area contributed by atoms with E-state index in [4.69, 9.17) is 4.74 Å². The third-order valence-electron chi connectivity index (χ3n) is 5.45. The predicted octanol–water partition coefficient (Wildman–Crippen LogP) is 5.23. The highest BCUT2D eigenvalue weighted by atomic mass is 16.6. The Bertz CT molecular complexity index is 1580. The highest BCUT2D eigenvalue weighted by Crippen LogP contribution is 2.19. The summed E-state index contributed by atoms with van der Waals surface area (Å²) in [5.74, 6) is -1.31. The summed E-state index contributed by atoms with van der Waals surface area (Å²) in [5.41, 5.74) is 4.54. The van der Waals surface area contributed by atoms with E-state index in [9.17, 15) is 24.5 Å². The summed E-state index contributed by atoms with van der Waals surface area (Å²) >= 11 is 0. The van der Waals surface area contributed by atoms with Gasteiger partial charge in [-0.2, -0.15) is 5.10 Å². The molecule has 0 saturated carbocycles. The number of benzene rings is 4. The summed E-state index contributed by atoms with van der Waals surface area (Å²) in [6.07, 6.45) is 4.44. The quantitative estimate of drug-likeness (QED) is 0.0753. The summed E-state index contributed by atoms with van der Waals surface area (Å²) < 4.78 is 5.41. The monoisotopic (exact) mass is 534 g/mol. The molecule has 0 spiro atoms. The molecule has 0 aliphatic carbocycles. The molecule has 0 heterocycles. The maximum Gasteiger partial charge on any atom is 0.343 e. The van der Waals surface area contributed by atoms with Crippen LogP contribution in [0.4, 0.5) is 11.4 Å². The second-order valence-electron chi connectivity index (χ2n) is 8.24. The lowest BCUT2D eigenvalue weighted by Gasteiger charge is -2.07. The number of rotatable bonds is 9. The molecule has 0 aliphatic rings. The van der Waals surface area contributed by atoms with E-state index < -0.39 is 16.8 Å². The topological polar surface area (TPSA) is 140 Å². The standard InChI is InChI=1S/C30H22N4O6/c35-28(19-10-21-6-2-1-3-7-21)32-25-15-11-22(12-16-25)29(36)33-31-20-24-8-4-5-9-27(24)40-30(37)23-13-17-26(18-14-23)34(38)39/h1-20H,(H,32,35)(H,33,36)/b19-10+,31-20-. The molecule has 2 amide bonds. The van der Waals surface area contributed by atoms with Crippen molar-refractivity contribution >= 4 is 41.4 Å². The first-order valence-corrected chi connectivity index (χ1v) is 11.9. The zero-order valence-electron chi connectivity index (χ0n) is 20.9. The fourth-order valence-corrected chi connectivity index (χ4v) is 3.41. The first-order chi connectivity index (χ1) is 19.4. The number of anilines is 1. The molecule has 0 unspecified atom stereocenters. The van der Waals surface area contributed by atoms with Crippen LogP contribution < -0.4 is 15.5 Å². The molecule has 0 aromatic heterocycles. The Morgan fingerprint density at radius 3 is 2.15 bits per heavy atom. The van der Waals surface area contributed by atoms with Crippen molar-refractivity contribution in [1.82, 2.24) is 5.43 Å². The van der Waals surface area contributed by atoms with Crippen molar-refractivity contribution in [2.24, 2.45) is 5.10 Å². The van der Waals surface area contributed by atoms with E-state index >= 15 is 0 Å². The van der Waals surface area contributed by atoms with Crippen molar-refractivity contribution in [3.05, 3.63) is 142 Å². The number of carbonyl (C=O) groups is 3. The van der Waals surface area contributed by atoms with Gasteiger partial charge in [0.05, 0.1) is 16.7 Å². The minimum absolute atomic E-state index is 0.137. The van der Waals surface area contributed by atoms with Gasteiger partial charge in [0.1, 0.15) is 5.75 Å². The molecule has 0 bridgehead atoms. The Hall–Kier alpha value is -5.90. The number of amides is 2. The number of nitrogens with zero attached hydrogens (tertiary/aromatic N) is 2. The van der Waals surface area contributed by atoms with Crippen molar-refractivity contribution in [3.63, 3.8) is 0 Å². The lowest BCUT2D eigenvalue weighted by molar-refractivity contribution is -0.384. The van der Waals surface area contributed by atoms with Crippen LogP contribution >= 0.6 is 0 Å². The summed E-state index contributed by atoms with van der Waals surface area (Å²) in [5, 5.41) is 17.5. The van der Waals surface area contributed by atoms with E-state index in [0.29, 0.717) is 16.8 Å². The van der Waals surface area contributed by atoms with Gasteiger partial charge in [-0.1, -0.05) is 42.5 Å². The third-order valence-corrected chi connectivity index (χ3v) is 5.45. The Labute approximate surface area is 228 Å². The van der Waals surface area contributed by atoms with Gasteiger partial charge in [0.2, 0.25) is 5.91 Å². The fourth-order valence-electron chi connectivity index (χ4n) is 3.41. The molecular weight excluding hydrogens is 512 g/mol. The SMILES string of the molecule is O=C(/C=C/c1ccccc1)Nc1ccc(C(=O)N/N=C\c2ccccc2OC(=O)c2ccc([N+](=O)[O-])cc2)cc1. The van der Waals surface area contributed by atoms with E-state index in [1.807, 2.05) is 30.3 Å². The molecule has 4 aromatic carbocycles. The molecule has 4 aromatic rings. The van der Waals surface area contributed by atoms with E-state index in [1.165, 1.54) is 36.6 Å². The molecule has 0 aliphatic heterocycles. The van der Waals surface area contributed by atoms with Crippen LogP contribution in [0.25, 0.3) is 6.08 Å². The van der Waals surface area contributed by atoms with Gasteiger partial charge in [-0.25, -0.2) is 10.2 Å². The second-order valence-corrected chi connectivity index (χ2v) is 8.24. The smallest absolute Gasteiger partial charge is 0.343 e. The molecule has 0 radical (unpaired) electrons. The molecule has 40 heavy (non-hydrogen) atoms. The van der Waals surface area contributed by atoms with Crippen LogP contribution in [0.2, 0.25) is 0 Å². The highest BCUT2D eigenvalue weighted by molar-refractivity contribution is 6.02. The molecule has 198 valence electrons. The van der Waals surface area contributed by atoms with Gasteiger partial charge >= 0.3 is 5.97 Å². The van der Waals surface area contributed by atoms with Crippen LogP contribution in [0.5, 0.6) is 5.75 Å². The largest absolute Gasteiger partial charge is 0.422 e. The predicted molar refractivity (Wildman–Crippen MR) is 150 cm³/mol. The maximum absolute atomic E-state index is 12.5. The van der Waals surface area contributed by atoms with Gasteiger partial charge in [-0.05, 0) is 60.2 Å². The molecule has 10 nitrogen and oxygen atoms in total. The Balaban J connectivity index is 1.32. The van der Waals surface area contributed by atoms with E-state index in [-0.39, 0.29) is 22.9 Å². The molecule has 4 rings (SSSR count). The van der Waals surface area contributed by atoms with E-state index in [1.54, 1.807) is 54.6 Å². The zero-order chi connectivity index (χ0) is 28.3. The minimum atomic E-state index is -0.706. The average molecular weight is 535 g/mol. The van der Waals surface area contributed by atoms with Gasteiger partial charge in [0, 0.05) is 35.0 Å². The van der Waals surface area contributed by atoms with Crippen molar-refractivity contribution in [2.45, 2.75) is 0 Å². The number of esters is 1. The van der Waals surface area contributed by atoms with Gasteiger partial charge in [0.15, 0.2) is 0 Å². The fraction of sp³-hybridized carbons (Fsp3) is 0. The van der Waals surface area contributed by atoms with Gasteiger partial charge < -0.3 is 10.1 Å². The number of para-hydroxylation sites is 1. The Kier molecular flexibility index (Phi) is 8.86. The minimum Gasteiger partial charge on any atom is -0.422 e. The number of hydrazone groups is 1. The van der Waals surface area contributed by atoms with Crippen LogP contribution in [0.15, 0.2) is 114 Å². The average Bonchev–Trinajstić information content (AvgIpc) is 2.98. The van der Waals surface area contributed by atoms with Crippen molar-refractivity contribution in [2.75, 3.05) is 5.32 Å². The molecule has 0 saturated heterocycles. The number of carbonyl (C=O) groups excluding carboxylic acids is 3. The normalized spacial score (nSPS) is 10.8. The van der Waals surface area contributed by atoms with Crippen LogP contribution in [-0.4, -0.2) is 28.9 Å². The summed E-state index contributed by atoms with van der Waals surface area (Å²) in [4.78, 5) is 47.3. The number of nitrogens with one attached hydrogen (secondary N) is 2. The lowest BCUT2D eigenvalue weighted by atomic mass is 10.2. The van der Waals surface area contributed by atoms with Gasteiger partial charge in [-0.3, -0.25) is 19.7 Å².